The fourth-order valence-electron chi connectivity index (χ4n) is 3.46. The highest BCUT2D eigenvalue weighted by molar-refractivity contribution is 5.83. The fourth-order valence-corrected chi connectivity index (χ4v) is 3.46. The zero-order valence-electron chi connectivity index (χ0n) is 13.2. The standard InChI is InChI=1S/C20H22O2/c1-21-14-20(15-22-2)13-12-17(16-8-4-3-5-9-16)18-10-6-7-11-19(18)20/h3-12H,13-15H2,1-2H3. The first-order chi connectivity index (χ1) is 10.8. The third kappa shape index (κ3) is 2.60. The minimum atomic E-state index is -0.0988. The van der Waals surface area contributed by atoms with Crippen molar-refractivity contribution in [3.05, 3.63) is 77.4 Å². The molecule has 0 atom stereocenters. The molecule has 0 amide bonds. The largest absolute Gasteiger partial charge is 0.384 e. The Kier molecular flexibility index (Phi) is 4.41. The van der Waals surface area contributed by atoms with Gasteiger partial charge in [-0.3, -0.25) is 0 Å². The van der Waals surface area contributed by atoms with E-state index in [1.165, 1.54) is 22.3 Å². The summed E-state index contributed by atoms with van der Waals surface area (Å²) >= 11 is 0. The molecular formula is C20H22O2. The molecular weight excluding hydrogens is 272 g/mol. The van der Waals surface area contributed by atoms with E-state index >= 15 is 0 Å². The number of benzene rings is 2. The molecule has 2 aromatic rings. The molecule has 0 heterocycles. The normalized spacial score (nSPS) is 16.0. The van der Waals surface area contributed by atoms with Gasteiger partial charge in [-0.05, 0) is 28.7 Å². The molecule has 3 rings (SSSR count). The summed E-state index contributed by atoms with van der Waals surface area (Å²) < 4.78 is 11.1. The van der Waals surface area contributed by atoms with E-state index in [9.17, 15) is 0 Å². The lowest BCUT2D eigenvalue weighted by atomic mass is 9.70. The Morgan fingerprint density at radius 3 is 2.18 bits per heavy atom. The first-order valence-corrected chi connectivity index (χ1v) is 7.64. The summed E-state index contributed by atoms with van der Waals surface area (Å²) in [5, 5.41) is 0. The molecule has 0 aromatic heterocycles. The van der Waals surface area contributed by atoms with Crippen molar-refractivity contribution in [2.45, 2.75) is 11.8 Å². The molecule has 0 spiro atoms. The van der Waals surface area contributed by atoms with E-state index in [0.717, 1.165) is 6.42 Å². The molecule has 0 aliphatic heterocycles. The van der Waals surface area contributed by atoms with Crippen LogP contribution in [0.15, 0.2) is 60.7 Å². The van der Waals surface area contributed by atoms with Crippen molar-refractivity contribution in [3.8, 4) is 0 Å². The molecule has 1 aliphatic carbocycles. The van der Waals surface area contributed by atoms with Crippen molar-refractivity contribution in [1.82, 2.24) is 0 Å². The number of fused-ring (bicyclic) bond motifs is 1. The summed E-state index contributed by atoms with van der Waals surface area (Å²) in [6.07, 6.45) is 3.26. The van der Waals surface area contributed by atoms with Crippen LogP contribution < -0.4 is 0 Å². The second-order valence-electron chi connectivity index (χ2n) is 5.88. The number of hydrogen-bond donors (Lipinski definition) is 0. The summed E-state index contributed by atoms with van der Waals surface area (Å²) in [6, 6.07) is 19.2. The summed E-state index contributed by atoms with van der Waals surface area (Å²) in [5.74, 6) is 0. The van der Waals surface area contributed by atoms with Crippen LogP contribution in [0.2, 0.25) is 0 Å². The molecule has 1 aliphatic rings. The maximum atomic E-state index is 5.53. The van der Waals surface area contributed by atoms with E-state index in [2.05, 4.69) is 60.7 Å². The summed E-state index contributed by atoms with van der Waals surface area (Å²) in [4.78, 5) is 0. The lowest BCUT2D eigenvalue weighted by Crippen LogP contribution is -2.38. The Hall–Kier alpha value is -1.90. The maximum absolute atomic E-state index is 5.53. The molecule has 2 heteroatoms. The molecule has 0 N–H and O–H groups in total. The fraction of sp³-hybridized carbons (Fsp3) is 0.300. The Labute approximate surface area is 132 Å². The molecule has 114 valence electrons. The van der Waals surface area contributed by atoms with Gasteiger partial charge in [-0.1, -0.05) is 60.7 Å². The second-order valence-corrected chi connectivity index (χ2v) is 5.88. The van der Waals surface area contributed by atoms with Crippen LogP contribution in [-0.2, 0) is 14.9 Å². The smallest absolute Gasteiger partial charge is 0.0584 e. The predicted molar refractivity (Wildman–Crippen MR) is 90.0 cm³/mol. The van der Waals surface area contributed by atoms with Gasteiger partial charge in [0.05, 0.1) is 13.2 Å². The monoisotopic (exact) mass is 294 g/mol. The van der Waals surface area contributed by atoms with Gasteiger partial charge in [0.1, 0.15) is 0 Å². The van der Waals surface area contributed by atoms with Crippen molar-refractivity contribution < 1.29 is 9.47 Å². The van der Waals surface area contributed by atoms with Crippen LogP contribution in [0.3, 0.4) is 0 Å². The summed E-state index contributed by atoms with van der Waals surface area (Å²) in [7, 11) is 3.52. The van der Waals surface area contributed by atoms with Crippen LogP contribution in [0, 0.1) is 0 Å². The highest BCUT2D eigenvalue weighted by atomic mass is 16.5. The molecule has 0 saturated carbocycles. The third-order valence-corrected chi connectivity index (χ3v) is 4.41. The second kappa shape index (κ2) is 6.47. The molecule has 0 radical (unpaired) electrons. The number of methoxy groups -OCH3 is 2. The van der Waals surface area contributed by atoms with Gasteiger partial charge in [-0.25, -0.2) is 0 Å². The van der Waals surface area contributed by atoms with Crippen LogP contribution in [-0.4, -0.2) is 27.4 Å². The molecule has 0 fully saturated rings. The zero-order chi connectivity index (χ0) is 15.4. The molecule has 2 nitrogen and oxygen atoms in total. The predicted octanol–water partition coefficient (Wildman–Crippen LogP) is 4.05. The molecule has 22 heavy (non-hydrogen) atoms. The lowest BCUT2D eigenvalue weighted by Gasteiger charge is -2.37. The Bertz CT molecular complexity index is 652. The van der Waals surface area contributed by atoms with Crippen molar-refractivity contribution in [3.63, 3.8) is 0 Å². The third-order valence-electron chi connectivity index (χ3n) is 4.41. The quantitative estimate of drug-likeness (QED) is 0.828. The van der Waals surface area contributed by atoms with Gasteiger partial charge >= 0.3 is 0 Å². The average molecular weight is 294 g/mol. The highest BCUT2D eigenvalue weighted by Gasteiger charge is 2.37. The molecule has 0 saturated heterocycles. The van der Waals surface area contributed by atoms with E-state index < -0.39 is 0 Å². The number of ether oxygens (including phenoxy) is 2. The van der Waals surface area contributed by atoms with E-state index in [1.54, 1.807) is 14.2 Å². The van der Waals surface area contributed by atoms with Crippen LogP contribution in [0.1, 0.15) is 23.1 Å². The van der Waals surface area contributed by atoms with Crippen molar-refractivity contribution in [2.75, 3.05) is 27.4 Å². The molecule has 0 bridgehead atoms. The van der Waals surface area contributed by atoms with Crippen LogP contribution in [0.25, 0.3) is 5.57 Å². The van der Waals surface area contributed by atoms with Crippen molar-refractivity contribution in [1.29, 1.82) is 0 Å². The average Bonchev–Trinajstić information content (AvgIpc) is 2.57. The van der Waals surface area contributed by atoms with E-state index in [-0.39, 0.29) is 5.41 Å². The number of hydrogen-bond acceptors (Lipinski definition) is 2. The van der Waals surface area contributed by atoms with Gasteiger partial charge in [0.2, 0.25) is 0 Å². The zero-order valence-corrected chi connectivity index (χ0v) is 13.2. The Balaban J connectivity index is 2.11. The summed E-state index contributed by atoms with van der Waals surface area (Å²) in [6.45, 7) is 1.33. The number of rotatable bonds is 5. The van der Waals surface area contributed by atoms with Gasteiger partial charge in [0, 0.05) is 19.6 Å². The topological polar surface area (TPSA) is 18.5 Å². The molecule has 0 unspecified atom stereocenters. The SMILES string of the molecule is COCC1(COC)CC=C(c2ccccc2)c2ccccc21. The minimum absolute atomic E-state index is 0.0988. The van der Waals surface area contributed by atoms with Gasteiger partial charge in [0.15, 0.2) is 0 Å². The van der Waals surface area contributed by atoms with Gasteiger partial charge in [0.25, 0.3) is 0 Å². The number of allylic oxidation sites excluding steroid dienone is 1. The van der Waals surface area contributed by atoms with Crippen LogP contribution >= 0.6 is 0 Å². The van der Waals surface area contributed by atoms with Crippen molar-refractivity contribution in [2.24, 2.45) is 0 Å². The van der Waals surface area contributed by atoms with Gasteiger partial charge < -0.3 is 9.47 Å². The van der Waals surface area contributed by atoms with Gasteiger partial charge in [-0.2, -0.15) is 0 Å². The lowest BCUT2D eigenvalue weighted by molar-refractivity contribution is 0.0597. The van der Waals surface area contributed by atoms with E-state index in [0.29, 0.717) is 13.2 Å². The van der Waals surface area contributed by atoms with E-state index in [4.69, 9.17) is 9.47 Å². The van der Waals surface area contributed by atoms with Crippen molar-refractivity contribution >= 4 is 5.57 Å². The minimum Gasteiger partial charge on any atom is -0.384 e. The first kappa shape index (κ1) is 15.0. The summed E-state index contributed by atoms with van der Waals surface area (Å²) in [5.41, 5.74) is 5.07. The van der Waals surface area contributed by atoms with E-state index in [1.807, 2.05) is 0 Å². The van der Waals surface area contributed by atoms with Crippen LogP contribution in [0.5, 0.6) is 0 Å². The Morgan fingerprint density at radius 1 is 0.864 bits per heavy atom. The molecule has 2 aromatic carbocycles. The maximum Gasteiger partial charge on any atom is 0.0584 e. The van der Waals surface area contributed by atoms with Gasteiger partial charge in [-0.15, -0.1) is 0 Å². The highest BCUT2D eigenvalue weighted by Crippen LogP contribution is 2.42. The Morgan fingerprint density at radius 2 is 1.50 bits per heavy atom. The first-order valence-electron chi connectivity index (χ1n) is 7.64. The van der Waals surface area contributed by atoms with Crippen LogP contribution in [0.4, 0.5) is 0 Å².